The Balaban J connectivity index is 2.84. The summed E-state index contributed by atoms with van der Waals surface area (Å²) in [6.45, 7) is 3.04. The summed E-state index contributed by atoms with van der Waals surface area (Å²) in [4.78, 5) is 34.6. The van der Waals surface area contributed by atoms with Gasteiger partial charge < -0.3 is 0 Å². The summed E-state index contributed by atoms with van der Waals surface area (Å²) in [5, 5.41) is 0. The van der Waals surface area contributed by atoms with Crippen molar-refractivity contribution in [1.29, 1.82) is 0 Å². The van der Waals surface area contributed by atoms with Gasteiger partial charge in [-0.2, -0.15) is 0 Å². The maximum Gasteiger partial charge on any atom is 0.190 e. The molecule has 0 saturated carbocycles. The van der Waals surface area contributed by atoms with E-state index in [1.807, 2.05) is 0 Å². The van der Waals surface area contributed by atoms with Gasteiger partial charge in [0.2, 0.25) is 0 Å². The Bertz CT molecular complexity index is 594. The summed E-state index contributed by atoms with van der Waals surface area (Å²) in [5.41, 5.74) is 1.52. The highest BCUT2D eigenvalue weighted by molar-refractivity contribution is 6.34. The fraction of sp³-hybridized carbons (Fsp3) is 0.154. The average molecular weight is 214 g/mol. The first kappa shape index (κ1) is 10.5. The van der Waals surface area contributed by atoms with Gasteiger partial charge in [-0.25, -0.2) is 0 Å². The molecule has 0 atom stereocenters. The van der Waals surface area contributed by atoms with Crippen molar-refractivity contribution in [3.8, 4) is 0 Å². The number of hydrogen-bond acceptors (Lipinski definition) is 3. The van der Waals surface area contributed by atoms with Crippen LogP contribution in [0.15, 0.2) is 34.6 Å². The first-order valence-electron chi connectivity index (χ1n) is 4.93. The first-order valence-corrected chi connectivity index (χ1v) is 4.93. The minimum atomic E-state index is -0.229. The van der Waals surface area contributed by atoms with Gasteiger partial charge in [-0.3, -0.25) is 14.4 Å². The van der Waals surface area contributed by atoms with E-state index in [1.54, 1.807) is 19.1 Å². The summed E-state index contributed by atoms with van der Waals surface area (Å²) >= 11 is 0. The number of allylic oxidation sites excluding steroid dienone is 2. The van der Waals surface area contributed by atoms with Gasteiger partial charge in [0, 0.05) is 16.7 Å². The summed E-state index contributed by atoms with van der Waals surface area (Å²) in [6, 6.07) is 5.87. The van der Waals surface area contributed by atoms with Crippen LogP contribution in [0.3, 0.4) is 0 Å². The molecule has 3 heteroatoms. The van der Waals surface area contributed by atoms with E-state index in [-0.39, 0.29) is 17.0 Å². The third-order valence-corrected chi connectivity index (χ3v) is 2.68. The van der Waals surface area contributed by atoms with Crippen molar-refractivity contribution in [2.45, 2.75) is 13.8 Å². The van der Waals surface area contributed by atoms with Crippen molar-refractivity contribution in [3.05, 3.63) is 51.2 Å². The molecule has 1 aromatic rings. The maximum atomic E-state index is 11.9. The van der Waals surface area contributed by atoms with Crippen LogP contribution in [0.4, 0.5) is 0 Å². The van der Waals surface area contributed by atoms with E-state index in [2.05, 4.69) is 0 Å². The van der Waals surface area contributed by atoms with Crippen LogP contribution < -0.4 is 5.43 Å². The molecule has 0 aliphatic heterocycles. The van der Waals surface area contributed by atoms with Crippen LogP contribution in [-0.4, -0.2) is 11.6 Å². The number of ketones is 2. The molecule has 0 amide bonds. The van der Waals surface area contributed by atoms with E-state index in [4.69, 9.17) is 0 Å². The molecule has 0 fully saturated rings. The monoisotopic (exact) mass is 214 g/mol. The number of Topliss-reactive ketones (excluding diaryl/α,β-unsaturated/α-hetero) is 2. The zero-order valence-electron chi connectivity index (χ0n) is 9.03. The summed E-state index contributed by atoms with van der Waals surface area (Å²) < 4.78 is 0. The summed E-state index contributed by atoms with van der Waals surface area (Å²) in [7, 11) is 0. The van der Waals surface area contributed by atoms with Crippen molar-refractivity contribution in [2.24, 2.45) is 0 Å². The Morgan fingerprint density at radius 3 is 2.44 bits per heavy atom. The lowest BCUT2D eigenvalue weighted by Gasteiger charge is -1.97. The normalized spacial score (nSPS) is 14.0. The van der Waals surface area contributed by atoms with Gasteiger partial charge in [0.25, 0.3) is 0 Å². The van der Waals surface area contributed by atoms with E-state index in [0.29, 0.717) is 22.3 Å². The lowest BCUT2D eigenvalue weighted by Crippen LogP contribution is -1.99. The second kappa shape index (κ2) is 3.52. The second-order valence-corrected chi connectivity index (χ2v) is 3.79. The fourth-order valence-corrected chi connectivity index (χ4v) is 1.97. The van der Waals surface area contributed by atoms with Crippen molar-refractivity contribution in [3.63, 3.8) is 0 Å². The van der Waals surface area contributed by atoms with Crippen LogP contribution in [0.2, 0.25) is 0 Å². The molecule has 1 aliphatic rings. The molecule has 0 heterocycles. The van der Waals surface area contributed by atoms with Gasteiger partial charge in [-0.15, -0.1) is 0 Å². The molecule has 3 nitrogen and oxygen atoms in total. The topological polar surface area (TPSA) is 51.2 Å². The van der Waals surface area contributed by atoms with Gasteiger partial charge in [0.15, 0.2) is 17.0 Å². The van der Waals surface area contributed by atoms with Gasteiger partial charge in [0.1, 0.15) is 0 Å². The lowest BCUT2D eigenvalue weighted by molar-refractivity contribution is -0.111. The molecule has 0 saturated heterocycles. The standard InChI is InChI=1S/C13H10O3/c1-7-12(8(2)14)10-5-3-4-9(15)6-11(10)13(7)16/h3-6H,1-2H3. The highest BCUT2D eigenvalue weighted by Crippen LogP contribution is 2.31. The van der Waals surface area contributed by atoms with Gasteiger partial charge in [-0.1, -0.05) is 12.1 Å². The molecule has 16 heavy (non-hydrogen) atoms. The highest BCUT2D eigenvalue weighted by Gasteiger charge is 2.28. The number of hydrogen-bond donors (Lipinski definition) is 0. The predicted octanol–water partition coefficient (Wildman–Crippen LogP) is 1.61. The molecule has 0 unspecified atom stereocenters. The Morgan fingerprint density at radius 2 is 1.81 bits per heavy atom. The minimum Gasteiger partial charge on any atom is -0.294 e. The molecule has 0 radical (unpaired) electrons. The quantitative estimate of drug-likeness (QED) is 0.713. The van der Waals surface area contributed by atoms with Crippen molar-refractivity contribution >= 4 is 17.1 Å². The molecule has 0 aromatic heterocycles. The third-order valence-electron chi connectivity index (χ3n) is 2.68. The number of rotatable bonds is 1. The molecule has 0 spiro atoms. The van der Waals surface area contributed by atoms with Crippen LogP contribution >= 0.6 is 0 Å². The smallest absolute Gasteiger partial charge is 0.190 e. The zero-order chi connectivity index (χ0) is 11.9. The zero-order valence-corrected chi connectivity index (χ0v) is 9.03. The van der Waals surface area contributed by atoms with E-state index in [9.17, 15) is 14.4 Å². The molecule has 0 N–H and O–H groups in total. The van der Waals surface area contributed by atoms with Gasteiger partial charge >= 0.3 is 0 Å². The average Bonchev–Trinajstić information content (AvgIpc) is 2.38. The van der Waals surface area contributed by atoms with Crippen LogP contribution in [0.1, 0.15) is 29.8 Å². The molecular weight excluding hydrogens is 204 g/mol. The second-order valence-electron chi connectivity index (χ2n) is 3.79. The number of carbonyl (C=O) groups is 2. The van der Waals surface area contributed by atoms with Crippen LogP contribution in [0.25, 0.3) is 5.57 Å². The predicted molar refractivity (Wildman–Crippen MR) is 60.3 cm³/mol. The number of fused-ring (bicyclic) bond motifs is 1. The Kier molecular flexibility index (Phi) is 2.31. The van der Waals surface area contributed by atoms with E-state index in [1.165, 1.54) is 19.1 Å². The van der Waals surface area contributed by atoms with E-state index in [0.717, 1.165) is 0 Å². The van der Waals surface area contributed by atoms with Crippen LogP contribution in [0.5, 0.6) is 0 Å². The SMILES string of the molecule is CC(=O)C1=C(C)C(=O)c2cc(=O)cccc21. The molecular formula is C13H10O3. The molecule has 80 valence electrons. The number of carbonyl (C=O) groups excluding carboxylic acids is 2. The maximum absolute atomic E-state index is 11.9. The summed E-state index contributed by atoms with van der Waals surface area (Å²) in [6.07, 6.45) is 0. The highest BCUT2D eigenvalue weighted by atomic mass is 16.1. The third kappa shape index (κ3) is 1.41. The van der Waals surface area contributed by atoms with E-state index < -0.39 is 0 Å². The Morgan fingerprint density at radius 1 is 1.12 bits per heavy atom. The molecule has 0 bridgehead atoms. The van der Waals surface area contributed by atoms with Crippen molar-refractivity contribution in [1.82, 2.24) is 0 Å². The van der Waals surface area contributed by atoms with E-state index >= 15 is 0 Å². The molecule has 1 aromatic carbocycles. The first-order chi connectivity index (χ1) is 7.52. The van der Waals surface area contributed by atoms with Crippen molar-refractivity contribution < 1.29 is 9.59 Å². The lowest BCUT2D eigenvalue weighted by atomic mass is 10.0. The Labute approximate surface area is 92.4 Å². The molecule has 2 rings (SSSR count). The minimum absolute atomic E-state index is 0.150. The fourth-order valence-electron chi connectivity index (χ4n) is 1.97. The van der Waals surface area contributed by atoms with Gasteiger partial charge in [0.05, 0.1) is 0 Å². The van der Waals surface area contributed by atoms with Crippen molar-refractivity contribution in [2.75, 3.05) is 0 Å². The largest absolute Gasteiger partial charge is 0.294 e. The van der Waals surface area contributed by atoms with Gasteiger partial charge in [-0.05, 0) is 31.5 Å². The summed E-state index contributed by atoms with van der Waals surface area (Å²) in [5.74, 6) is -0.378. The van der Waals surface area contributed by atoms with Crippen LogP contribution in [-0.2, 0) is 4.79 Å². The Hall–Kier alpha value is -2.03. The molecule has 1 aliphatic carbocycles. The van der Waals surface area contributed by atoms with Crippen LogP contribution in [0, 0.1) is 0 Å².